The van der Waals surface area contributed by atoms with Gasteiger partial charge in [0.25, 0.3) is 0 Å². The molecule has 0 fully saturated rings. The molecule has 3 rings (SSSR count). The van der Waals surface area contributed by atoms with Gasteiger partial charge in [-0.1, -0.05) is 29.8 Å². The van der Waals surface area contributed by atoms with Crippen LogP contribution in [0.25, 0.3) is 0 Å². The first-order chi connectivity index (χ1) is 13.5. The molecule has 6 heteroatoms. The van der Waals surface area contributed by atoms with Crippen molar-refractivity contribution >= 4 is 17.4 Å². The zero-order valence-corrected chi connectivity index (χ0v) is 16.8. The summed E-state index contributed by atoms with van der Waals surface area (Å²) < 4.78 is 15.8. The van der Waals surface area contributed by atoms with Gasteiger partial charge < -0.3 is 14.2 Å². The van der Waals surface area contributed by atoms with Crippen molar-refractivity contribution in [3.8, 4) is 11.5 Å². The molecule has 2 aromatic rings. The highest BCUT2D eigenvalue weighted by molar-refractivity contribution is 6.16. The van der Waals surface area contributed by atoms with Crippen LogP contribution >= 0.6 is 0 Å². The van der Waals surface area contributed by atoms with Gasteiger partial charge in [-0.25, -0.2) is 0 Å². The minimum atomic E-state index is -0.493. The standard InChI is InChI=1S/C22H24N2O4/c1-13-6-8-15(9-7-13)21-17-12-20(27-4)19(26-3)11-16(17)10-18(23-24-21)14(2)22(25)28-5/h6-9,11-12,14H,10H2,1-5H3. The van der Waals surface area contributed by atoms with Crippen LogP contribution in [0.15, 0.2) is 46.6 Å². The number of ether oxygens (including phenoxy) is 3. The van der Waals surface area contributed by atoms with Gasteiger partial charge in [-0.2, -0.15) is 5.10 Å². The summed E-state index contributed by atoms with van der Waals surface area (Å²) in [4.78, 5) is 12.1. The number of esters is 1. The molecule has 1 aliphatic rings. The molecule has 0 aromatic heterocycles. The van der Waals surface area contributed by atoms with Crippen molar-refractivity contribution < 1.29 is 19.0 Å². The summed E-state index contributed by atoms with van der Waals surface area (Å²) in [5.41, 5.74) is 5.33. The Bertz CT molecular complexity index is 946. The van der Waals surface area contributed by atoms with Gasteiger partial charge in [0.05, 0.1) is 33.0 Å². The normalized spacial score (nSPS) is 14.2. The molecule has 1 aliphatic heterocycles. The number of fused-ring (bicyclic) bond motifs is 1. The first kappa shape index (κ1) is 19.6. The molecule has 28 heavy (non-hydrogen) atoms. The second-order valence-electron chi connectivity index (χ2n) is 6.69. The summed E-state index contributed by atoms with van der Waals surface area (Å²) in [5, 5.41) is 8.94. The third-order valence-corrected chi connectivity index (χ3v) is 4.89. The fourth-order valence-corrected chi connectivity index (χ4v) is 3.16. The van der Waals surface area contributed by atoms with E-state index in [1.165, 1.54) is 7.11 Å². The van der Waals surface area contributed by atoms with Crippen LogP contribution in [0.2, 0.25) is 0 Å². The summed E-state index contributed by atoms with van der Waals surface area (Å²) in [5.74, 6) is 0.406. The molecule has 0 amide bonds. The van der Waals surface area contributed by atoms with Gasteiger partial charge in [0.15, 0.2) is 11.5 Å². The number of hydrogen-bond donors (Lipinski definition) is 0. The summed E-state index contributed by atoms with van der Waals surface area (Å²) in [6.45, 7) is 3.81. The molecule has 0 saturated heterocycles. The Hall–Kier alpha value is -3.15. The topological polar surface area (TPSA) is 69.5 Å². The van der Waals surface area contributed by atoms with E-state index in [4.69, 9.17) is 14.2 Å². The Morgan fingerprint density at radius 2 is 1.64 bits per heavy atom. The lowest BCUT2D eigenvalue weighted by Crippen LogP contribution is -2.24. The number of aryl methyl sites for hydroxylation is 1. The van der Waals surface area contributed by atoms with Gasteiger partial charge in [-0.05, 0) is 31.5 Å². The molecule has 0 N–H and O–H groups in total. The zero-order chi connectivity index (χ0) is 20.3. The summed E-state index contributed by atoms with van der Waals surface area (Å²) in [6.07, 6.45) is 0.463. The second kappa shape index (κ2) is 8.25. The molecular formula is C22H24N2O4. The lowest BCUT2D eigenvalue weighted by Gasteiger charge is -2.16. The van der Waals surface area contributed by atoms with Crippen LogP contribution in [0, 0.1) is 12.8 Å². The summed E-state index contributed by atoms with van der Waals surface area (Å²) in [7, 11) is 4.58. The Labute approximate surface area is 164 Å². The molecule has 0 aliphatic carbocycles. The van der Waals surface area contributed by atoms with E-state index in [1.807, 2.05) is 43.3 Å². The van der Waals surface area contributed by atoms with Crippen LogP contribution in [0.1, 0.15) is 29.2 Å². The van der Waals surface area contributed by atoms with E-state index in [-0.39, 0.29) is 5.97 Å². The molecule has 6 nitrogen and oxygen atoms in total. The monoisotopic (exact) mass is 380 g/mol. The number of nitrogens with zero attached hydrogens (tertiary/aromatic N) is 2. The Morgan fingerprint density at radius 3 is 2.25 bits per heavy atom. The predicted molar refractivity (Wildman–Crippen MR) is 109 cm³/mol. The summed E-state index contributed by atoms with van der Waals surface area (Å²) >= 11 is 0. The largest absolute Gasteiger partial charge is 0.493 e. The SMILES string of the molecule is COC(=O)C(C)C1=NN=C(c2ccc(C)cc2)c2cc(OC)c(OC)cc2C1. The van der Waals surface area contributed by atoms with E-state index in [0.717, 1.165) is 28.0 Å². The molecule has 1 heterocycles. The van der Waals surface area contributed by atoms with Gasteiger partial charge in [0.1, 0.15) is 5.71 Å². The highest BCUT2D eigenvalue weighted by Crippen LogP contribution is 2.34. The fraction of sp³-hybridized carbons (Fsp3) is 0.318. The number of methoxy groups -OCH3 is 3. The number of benzene rings is 2. The number of carbonyl (C=O) groups is 1. The van der Waals surface area contributed by atoms with Crippen molar-refractivity contribution in [1.29, 1.82) is 0 Å². The Kier molecular flexibility index (Phi) is 5.78. The van der Waals surface area contributed by atoms with Gasteiger partial charge in [-0.3, -0.25) is 4.79 Å². The molecule has 0 bridgehead atoms. The van der Waals surface area contributed by atoms with Crippen LogP contribution in [-0.4, -0.2) is 38.7 Å². The van der Waals surface area contributed by atoms with E-state index in [0.29, 0.717) is 23.6 Å². The third-order valence-electron chi connectivity index (χ3n) is 4.89. The van der Waals surface area contributed by atoms with Crippen molar-refractivity contribution in [2.24, 2.45) is 16.1 Å². The quantitative estimate of drug-likeness (QED) is 0.744. The molecule has 0 saturated carbocycles. The molecule has 0 radical (unpaired) electrons. The first-order valence-corrected chi connectivity index (χ1v) is 9.03. The number of carbonyl (C=O) groups excluding carboxylic acids is 1. The molecule has 1 unspecified atom stereocenters. The average molecular weight is 380 g/mol. The van der Waals surface area contributed by atoms with Crippen LogP contribution in [0.5, 0.6) is 11.5 Å². The number of hydrogen-bond acceptors (Lipinski definition) is 6. The maximum absolute atomic E-state index is 12.1. The minimum absolute atomic E-state index is 0.338. The highest BCUT2D eigenvalue weighted by atomic mass is 16.5. The molecule has 2 aromatic carbocycles. The van der Waals surface area contributed by atoms with Crippen molar-refractivity contribution in [2.75, 3.05) is 21.3 Å². The molecule has 1 atom stereocenters. The van der Waals surface area contributed by atoms with Crippen molar-refractivity contribution in [1.82, 2.24) is 0 Å². The van der Waals surface area contributed by atoms with Gasteiger partial charge >= 0.3 is 5.97 Å². The van der Waals surface area contributed by atoms with Crippen LogP contribution < -0.4 is 9.47 Å². The third kappa shape index (κ3) is 3.76. The van der Waals surface area contributed by atoms with Gasteiger partial charge in [0, 0.05) is 17.5 Å². The lowest BCUT2D eigenvalue weighted by atomic mass is 9.91. The maximum Gasteiger partial charge on any atom is 0.314 e. The Morgan fingerprint density at radius 1 is 1.00 bits per heavy atom. The van der Waals surface area contributed by atoms with Crippen molar-refractivity contribution in [2.45, 2.75) is 20.3 Å². The van der Waals surface area contributed by atoms with Gasteiger partial charge in [-0.15, -0.1) is 5.10 Å². The van der Waals surface area contributed by atoms with Crippen LogP contribution in [-0.2, 0) is 16.0 Å². The second-order valence-corrected chi connectivity index (χ2v) is 6.69. The highest BCUT2D eigenvalue weighted by Gasteiger charge is 2.26. The van der Waals surface area contributed by atoms with Crippen LogP contribution in [0.3, 0.4) is 0 Å². The molecule has 146 valence electrons. The number of rotatable bonds is 5. The maximum atomic E-state index is 12.1. The first-order valence-electron chi connectivity index (χ1n) is 9.03. The fourth-order valence-electron chi connectivity index (χ4n) is 3.16. The van der Waals surface area contributed by atoms with E-state index in [2.05, 4.69) is 10.2 Å². The van der Waals surface area contributed by atoms with E-state index in [1.54, 1.807) is 21.1 Å². The van der Waals surface area contributed by atoms with E-state index < -0.39 is 5.92 Å². The Balaban J connectivity index is 2.19. The van der Waals surface area contributed by atoms with E-state index >= 15 is 0 Å². The summed E-state index contributed by atoms with van der Waals surface area (Å²) in [6, 6.07) is 11.9. The molecule has 0 spiro atoms. The molecular weight excluding hydrogens is 356 g/mol. The predicted octanol–water partition coefficient (Wildman–Crippen LogP) is 3.57. The minimum Gasteiger partial charge on any atom is -0.493 e. The van der Waals surface area contributed by atoms with Crippen molar-refractivity contribution in [3.05, 3.63) is 58.7 Å². The van der Waals surface area contributed by atoms with E-state index in [9.17, 15) is 4.79 Å². The zero-order valence-electron chi connectivity index (χ0n) is 16.8. The van der Waals surface area contributed by atoms with Gasteiger partial charge in [0.2, 0.25) is 0 Å². The van der Waals surface area contributed by atoms with Crippen molar-refractivity contribution in [3.63, 3.8) is 0 Å². The average Bonchev–Trinajstić information content (AvgIpc) is 2.91. The lowest BCUT2D eigenvalue weighted by molar-refractivity contribution is -0.142. The van der Waals surface area contributed by atoms with Crippen LogP contribution in [0.4, 0.5) is 0 Å². The smallest absolute Gasteiger partial charge is 0.314 e.